The molecule has 2 atom stereocenters. The van der Waals surface area contributed by atoms with Crippen LogP contribution in [-0.4, -0.2) is 23.8 Å². The summed E-state index contributed by atoms with van der Waals surface area (Å²) >= 11 is 0. The largest absolute Gasteiger partial charge is 0.396 e. The third-order valence-corrected chi connectivity index (χ3v) is 2.92. The van der Waals surface area contributed by atoms with Crippen LogP contribution >= 0.6 is 0 Å². The highest BCUT2D eigenvalue weighted by molar-refractivity contribution is 4.86. The molecular weight excluding hydrogens is 162 g/mol. The Kier molecular flexibility index (Phi) is 4.74. The van der Waals surface area contributed by atoms with Crippen LogP contribution in [0, 0.1) is 5.92 Å². The zero-order valence-corrected chi connectivity index (χ0v) is 8.92. The van der Waals surface area contributed by atoms with E-state index in [-0.39, 0.29) is 0 Å². The van der Waals surface area contributed by atoms with Gasteiger partial charge in [0, 0.05) is 18.7 Å². The lowest BCUT2D eigenvalue weighted by Crippen LogP contribution is -2.37. The molecule has 0 aromatic rings. The average Bonchev–Trinajstić information content (AvgIpc) is 2.94. The van der Waals surface area contributed by atoms with Gasteiger partial charge < -0.3 is 10.4 Å². The lowest BCUT2D eigenvalue weighted by atomic mass is 10.1. The van der Waals surface area contributed by atoms with E-state index in [9.17, 15) is 0 Å². The van der Waals surface area contributed by atoms with Gasteiger partial charge in [-0.15, -0.1) is 0 Å². The van der Waals surface area contributed by atoms with Crippen molar-refractivity contribution in [2.45, 2.75) is 58.0 Å². The minimum Gasteiger partial charge on any atom is -0.396 e. The van der Waals surface area contributed by atoms with Crippen LogP contribution in [0.15, 0.2) is 0 Å². The molecule has 0 radical (unpaired) electrons. The van der Waals surface area contributed by atoms with E-state index in [1.807, 2.05) is 0 Å². The van der Waals surface area contributed by atoms with Crippen molar-refractivity contribution in [2.75, 3.05) is 6.61 Å². The van der Waals surface area contributed by atoms with Gasteiger partial charge in [0.2, 0.25) is 0 Å². The second-order valence-electron chi connectivity index (χ2n) is 4.29. The fourth-order valence-corrected chi connectivity index (χ4v) is 1.93. The van der Waals surface area contributed by atoms with Gasteiger partial charge >= 0.3 is 0 Å². The van der Waals surface area contributed by atoms with Crippen molar-refractivity contribution in [2.24, 2.45) is 5.92 Å². The molecule has 0 bridgehead atoms. The van der Waals surface area contributed by atoms with Crippen LogP contribution in [0.4, 0.5) is 0 Å². The molecule has 13 heavy (non-hydrogen) atoms. The molecule has 2 nitrogen and oxygen atoms in total. The standard InChI is InChI=1S/C11H23NO/c1-3-11(10-6-7-10)12-9(2)5-4-8-13/h9-13H,3-8H2,1-2H3. The third-order valence-electron chi connectivity index (χ3n) is 2.92. The molecule has 1 saturated carbocycles. The van der Waals surface area contributed by atoms with Gasteiger partial charge in [-0.25, -0.2) is 0 Å². The predicted octanol–water partition coefficient (Wildman–Crippen LogP) is 1.93. The van der Waals surface area contributed by atoms with Crippen molar-refractivity contribution in [3.8, 4) is 0 Å². The van der Waals surface area contributed by atoms with E-state index >= 15 is 0 Å². The summed E-state index contributed by atoms with van der Waals surface area (Å²) in [5.74, 6) is 0.946. The first-order chi connectivity index (χ1) is 6.27. The first kappa shape index (κ1) is 11.0. The normalized spacial score (nSPS) is 21.5. The highest BCUT2D eigenvalue weighted by atomic mass is 16.2. The molecule has 78 valence electrons. The summed E-state index contributed by atoms with van der Waals surface area (Å²) in [5, 5.41) is 12.4. The quantitative estimate of drug-likeness (QED) is 0.635. The van der Waals surface area contributed by atoms with Crippen LogP contribution < -0.4 is 5.32 Å². The number of hydrogen-bond donors (Lipinski definition) is 2. The second-order valence-corrected chi connectivity index (χ2v) is 4.29. The van der Waals surface area contributed by atoms with Gasteiger partial charge in [0.05, 0.1) is 0 Å². The average molecular weight is 185 g/mol. The predicted molar refractivity (Wildman–Crippen MR) is 55.7 cm³/mol. The number of rotatable bonds is 7. The van der Waals surface area contributed by atoms with Crippen LogP contribution in [0.5, 0.6) is 0 Å². The molecule has 1 aliphatic rings. The molecule has 2 N–H and O–H groups in total. The molecule has 0 aromatic carbocycles. The number of nitrogens with one attached hydrogen (secondary N) is 1. The Hall–Kier alpha value is -0.0800. The van der Waals surface area contributed by atoms with E-state index < -0.39 is 0 Å². The van der Waals surface area contributed by atoms with Crippen molar-refractivity contribution in [3.05, 3.63) is 0 Å². The van der Waals surface area contributed by atoms with Gasteiger partial charge in [-0.05, 0) is 44.9 Å². The smallest absolute Gasteiger partial charge is 0.0431 e. The van der Waals surface area contributed by atoms with Gasteiger partial charge in [-0.2, -0.15) is 0 Å². The zero-order valence-electron chi connectivity index (χ0n) is 8.92. The lowest BCUT2D eigenvalue weighted by Gasteiger charge is -2.21. The summed E-state index contributed by atoms with van der Waals surface area (Å²) in [7, 11) is 0. The van der Waals surface area contributed by atoms with E-state index in [4.69, 9.17) is 5.11 Å². The highest BCUT2D eigenvalue weighted by Crippen LogP contribution is 2.34. The topological polar surface area (TPSA) is 32.3 Å². The van der Waals surface area contributed by atoms with Gasteiger partial charge in [0.15, 0.2) is 0 Å². The Bertz CT molecular complexity index is 134. The van der Waals surface area contributed by atoms with E-state index in [1.165, 1.54) is 19.3 Å². The van der Waals surface area contributed by atoms with Gasteiger partial charge in [0.25, 0.3) is 0 Å². The molecule has 1 fully saturated rings. The molecule has 2 heteroatoms. The summed E-state index contributed by atoms with van der Waals surface area (Å²) in [6.45, 7) is 4.81. The molecule has 0 heterocycles. The second kappa shape index (κ2) is 5.61. The van der Waals surface area contributed by atoms with Crippen LogP contribution in [0.1, 0.15) is 46.0 Å². The van der Waals surface area contributed by atoms with E-state index in [2.05, 4.69) is 19.2 Å². The monoisotopic (exact) mass is 185 g/mol. The maximum absolute atomic E-state index is 8.70. The third kappa shape index (κ3) is 4.10. The fraction of sp³-hybridized carbons (Fsp3) is 1.00. The lowest BCUT2D eigenvalue weighted by molar-refractivity contribution is 0.271. The van der Waals surface area contributed by atoms with Crippen LogP contribution in [0.2, 0.25) is 0 Å². The number of aliphatic hydroxyl groups is 1. The van der Waals surface area contributed by atoms with E-state index in [1.54, 1.807) is 0 Å². The molecular formula is C11H23NO. The van der Waals surface area contributed by atoms with Gasteiger partial charge in [-0.1, -0.05) is 6.92 Å². The van der Waals surface area contributed by atoms with Crippen molar-refractivity contribution < 1.29 is 5.11 Å². The molecule has 2 unspecified atom stereocenters. The van der Waals surface area contributed by atoms with E-state index in [0.29, 0.717) is 12.6 Å². The molecule has 0 amide bonds. The van der Waals surface area contributed by atoms with Crippen molar-refractivity contribution in [1.82, 2.24) is 5.32 Å². The van der Waals surface area contributed by atoms with Crippen molar-refractivity contribution in [1.29, 1.82) is 0 Å². The Balaban J connectivity index is 2.12. The van der Waals surface area contributed by atoms with Crippen LogP contribution in [-0.2, 0) is 0 Å². The minimum atomic E-state index is 0.326. The molecule has 1 aliphatic carbocycles. The number of aliphatic hydroxyl groups excluding tert-OH is 1. The highest BCUT2D eigenvalue weighted by Gasteiger charge is 2.30. The molecule has 0 spiro atoms. The summed E-state index contributed by atoms with van der Waals surface area (Å²) in [4.78, 5) is 0. The van der Waals surface area contributed by atoms with Gasteiger partial charge in [-0.3, -0.25) is 0 Å². The first-order valence-corrected chi connectivity index (χ1v) is 5.64. The number of hydrogen-bond acceptors (Lipinski definition) is 2. The van der Waals surface area contributed by atoms with Crippen molar-refractivity contribution >= 4 is 0 Å². The van der Waals surface area contributed by atoms with Crippen molar-refractivity contribution in [3.63, 3.8) is 0 Å². The van der Waals surface area contributed by atoms with E-state index in [0.717, 1.165) is 24.8 Å². The Morgan fingerprint density at radius 2 is 2.15 bits per heavy atom. The summed E-state index contributed by atoms with van der Waals surface area (Å²) in [5.41, 5.74) is 0. The van der Waals surface area contributed by atoms with Crippen LogP contribution in [0.3, 0.4) is 0 Å². The SMILES string of the molecule is CCC(NC(C)CCCO)C1CC1. The van der Waals surface area contributed by atoms with Gasteiger partial charge in [0.1, 0.15) is 0 Å². The molecule has 0 aromatic heterocycles. The summed E-state index contributed by atoms with van der Waals surface area (Å²) in [6.07, 6.45) is 6.10. The maximum Gasteiger partial charge on any atom is 0.0431 e. The molecule has 0 aliphatic heterocycles. The fourth-order valence-electron chi connectivity index (χ4n) is 1.93. The summed E-state index contributed by atoms with van der Waals surface area (Å²) in [6, 6.07) is 1.30. The first-order valence-electron chi connectivity index (χ1n) is 5.64. The Morgan fingerprint density at radius 1 is 1.46 bits per heavy atom. The molecule has 0 saturated heterocycles. The summed E-state index contributed by atoms with van der Waals surface area (Å²) < 4.78 is 0. The Morgan fingerprint density at radius 3 is 2.62 bits per heavy atom. The van der Waals surface area contributed by atoms with Crippen LogP contribution in [0.25, 0.3) is 0 Å². The zero-order chi connectivity index (χ0) is 9.68. The Labute approximate surface area is 81.7 Å². The maximum atomic E-state index is 8.70. The molecule has 1 rings (SSSR count). The minimum absolute atomic E-state index is 0.326.